The van der Waals surface area contributed by atoms with Gasteiger partial charge in [-0.2, -0.15) is 0 Å². The van der Waals surface area contributed by atoms with Gasteiger partial charge in [-0.05, 0) is 37.0 Å². The zero-order valence-electron chi connectivity index (χ0n) is 10.5. The topological polar surface area (TPSA) is 66.4 Å². The highest BCUT2D eigenvalue weighted by molar-refractivity contribution is 5.76. The molecule has 2 rings (SSSR count). The lowest BCUT2D eigenvalue weighted by Gasteiger charge is -2.40. The SMILES string of the molecule is CC(C)CC(=O)NC1CC2CC(C(=O)O)CC21. The molecule has 2 saturated carbocycles. The lowest BCUT2D eigenvalue weighted by molar-refractivity contribution is -0.141. The van der Waals surface area contributed by atoms with Gasteiger partial charge < -0.3 is 10.4 Å². The van der Waals surface area contributed by atoms with E-state index in [0.29, 0.717) is 24.2 Å². The van der Waals surface area contributed by atoms with Gasteiger partial charge in [0.05, 0.1) is 5.92 Å². The third-order valence-electron chi connectivity index (χ3n) is 4.11. The summed E-state index contributed by atoms with van der Waals surface area (Å²) in [5.41, 5.74) is 0. The van der Waals surface area contributed by atoms with Gasteiger partial charge in [0.15, 0.2) is 0 Å². The Labute approximate surface area is 102 Å². The van der Waals surface area contributed by atoms with Gasteiger partial charge >= 0.3 is 5.97 Å². The fraction of sp³-hybridized carbons (Fsp3) is 0.846. The van der Waals surface area contributed by atoms with Crippen LogP contribution in [0, 0.1) is 23.7 Å². The minimum Gasteiger partial charge on any atom is -0.481 e. The van der Waals surface area contributed by atoms with Crippen LogP contribution in [0.5, 0.6) is 0 Å². The minimum atomic E-state index is -0.674. The molecule has 4 nitrogen and oxygen atoms in total. The number of nitrogens with one attached hydrogen (secondary N) is 1. The first-order chi connectivity index (χ1) is 7.97. The van der Waals surface area contributed by atoms with E-state index in [9.17, 15) is 9.59 Å². The van der Waals surface area contributed by atoms with E-state index in [1.807, 2.05) is 13.8 Å². The van der Waals surface area contributed by atoms with Crippen molar-refractivity contribution in [1.29, 1.82) is 0 Å². The number of carboxylic acid groups (broad SMARTS) is 1. The maximum Gasteiger partial charge on any atom is 0.306 e. The number of carboxylic acids is 1. The van der Waals surface area contributed by atoms with Crippen molar-refractivity contribution in [2.45, 2.75) is 45.6 Å². The average molecular weight is 239 g/mol. The van der Waals surface area contributed by atoms with Crippen LogP contribution in [0.1, 0.15) is 39.5 Å². The molecule has 0 spiro atoms. The zero-order chi connectivity index (χ0) is 12.6. The summed E-state index contributed by atoms with van der Waals surface area (Å²) < 4.78 is 0. The zero-order valence-corrected chi connectivity index (χ0v) is 10.5. The van der Waals surface area contributed by atoms with Gasteiger partial charge in [-0.25, -0.2) is 0 Å². The highest BCUT2D eigenvalue weighted by Crippen LogP contribution is 2.49. The van der Waals surface area contributed by atoms with Crippen LogP contribution in [-0.2, 0) is 9.59 Å². The highest BCUT2D eigenvalue weighted by atomic mass is 16.4. The Balaban J connectivity index is 1.80. The van der Waals surface area contributed by atoms with Gasteiger partial charge in [0.1, 0.15) is 0 Å². The average Bonchev–Trinajstić information content (AvgIpc) is 2.51. The van der Waals surface area contributed by atoms with Crippen LogP contribution >= 0.6 is 0 Å². The van der Waals surface area contributed by atoms with Crippen LogP contribution < -0.4 is 5.32 Å². The summed E-state index contributed by atoms with van der Waals surface area (Å²) in [5.74, 6) is 0.569. The molecule has 2 N–H and O–H groups in total. The summed E-state index contributed by atoms with van der Waals surface area (Å²) in [7, 11) is 0. The standard InChI is InChI=1S/C13H21NO3/c1-7(2)3-12(15)14-11-6-8-4-9(13(16)17)5-10(8)11/h7-11H,3-6H2,1-2H3,(H,14,15)(H,16,17). The van der Waals surface area contributed by atoms with Crippen molar-refractivity contribution in [3.8, 4) is 0 Å². The van der Waals surface area contributed by atoms with Crippen molar-refractivity contribution in [2.24, 2.45) is 23.7 Å². The maximum absolute atomic E-state index is 11.6. The fourth-order valence-corrected chi connectivity index (χ4v) is 3.23. The van der Waals surface area contributed by atoms with E-state index in [0.717, 1.165) is 19.3 Å². The highest BCUT2D eigenvalue weighted by Gasteiger charge is 2.49. The Morgan fingerprint density at radius 3 is 2.59 bits per heavy atom. The van der Waals surface area contributed by atoms with Crippen molar-refractivity contribution in [2.75, 3.05) is 0 Å². The third-order valence-corrected chi connectivity index (χ3v) is 4.11. The van der Waals surface area contributed by atoms with Crippen molar-refractivity contribution >= 4 is 11.9 Å². The van der Waals surface area contributed by atoms with Crippen molar-refractivity contribution in [3.05, 3.63) is 0 Å². The molecule has 0 aliphatic heterocycles. The molecule has 1 amide bonds. The number of fused-ring (bicyclic) bond motifs is 1. The van der Waals surface area contributed by atoms with Crippen molar-refractivity contribution in [3.63, 3.8) is 0 Å². The lowest BCUT2D eigenvalue weighted by atomic mass is 9.71. The molecule has 0 saturated heterocycles. The van der Waals surface area contributed by atoms with Crippen molar-refractivity contribution in [1.82, 2.24) is 5.32 Å². The Morgan fingerprint density at radius 1 is 1.29 bits per heavy atom. The van der Waals surface area contributed by atoms with Gasteiger partial charge in [0, 0.05) is 12.5 Å². The molecule has 4 heteroatoms. The summed E-state index contributed by atoms with van der Waals surface area (Å²) in [6, 6.07) is 0.232. The molecule has 4 atom stereocenters. The van der Waals surface area contributed by atoms with Crippen LogP contribution in [0.3, 0.4) is 0 Å². The number of carbonyl (C=O) groups is 2. The normalized spacial score (nSPS) is 35.2. The molecule has 0 aromatic heterocycles. The largest absolute Gasteiger partial charge is 0.481 e. The van der Waals surface area contributed by atoms with Crippen LogP contribution in [-0.4, -0.2) is 23.0 Å². The second-order valence-electron chi connectivity index (χ2n) is 5.94. The molecule has 2 fully saturated rings. The molecule has 0 aromatic carbocycles. The van der Waals surface area contributed by atoms with Gasteiger partial charge in [0.2, 0.25) is 5.91 Å². The number of aliphatic carboxylic acids is 1. The second kappa shape index (κ2) is 4.67. The van der Waals surface area contributed by atoms with Crippen LogP contribution in [0.15, 0.2) is 0 Å². The first kappa shape index (κ1) is 12.4. The molecule has 0 bridgehead atoms. The monoisotopic (exact) mass is 239 g/mol. The number of hydrogen-bond donors (Lipinski definition) is 2. The number of amides is 1. The molecule has 2 aliphatic rings. The Morgan fingerprint density at radius 2 is 2.00 bits per heavy atom. The quantitative estimate of drug-likeness (QED) is 0.784. The summed E-state index contributed by atoms with van der Waals surface area (Å²) in [5, 5.41) is 12.0. The molecule has 17 heavy (non-hydrogen) atoms. The number of hydrogen-bond acceptors (Lipinski definition) is 2. The van der Waals surface area contributed by atoms with Crippen LogP contribution in [0.25, 0.3) is 0 Å². The van der Waals surface area contributed by atoms with Gasteiger partial charge in [-0.15, -0.1) is 0 Å². The van der Waals surface area contributed by atoms with Crippen LogP contribution in [0.2, 0.25) is 0 Å². The first-order valence-electron chi connectivity index (χ1n) is 6.49. The summed E-state index contributed by atoms with van der Waals surface area (Å²) in [6.07, 6.45) is 3.08. The first-order valence-corrected chi connectivity index (χ1v) is 6.49. The fourth-order valence-electron chi connectivity index (χ4n) is 3.23. The van der Waals surface area contributed by atoms with E-state index in [-0.39, 0.29) is 17.9 Å². The van der Waals surface area contributed by atoms with Crippen molar-refractivity contribution < 1.29 is 14.7 Å². The second-order valence-corrected chi connectivity index (χ2v) is 5.94. The third kappa shape index (κ3) is 2.61. The van der Waals surface area contributed by atoms with E-state index in [1.165, 1.54) is 0 Å². The Hall–Kier alpha value is -1.06. The Bertz CT molecular complexity index is 327. The lowest BCUT2D eigenvalue weighted by Crippen LogP contribution is -2.50. The molecule has 96 valence electrons. The summed E-state index contributed by atoms with van der Waals surface area (Å²) in [4.78, 5) is 22.5. The minimum absolute atomic E-state index is 0.113. The van der Waals surface area contributed by atoms with Gasteiger partial charge in [-0.1, -0.05) is 13.8 Å². The number of carbonyl (C=O) groups excluding carboxylic acids is 1. The summed E-state index contributed by atoms with van der Waals surface area (Å²) in [6.45, 7) is 4.05. The smallest absolute Gasteiger partial charge is 0.306 e. The van der Waals surface area contributed by atoms with E-state index in [2.05, 4.69) is 5.32 Å². The van der Waals surface area contributed by atoms with E-state index >= 15 is 0 Å². The molecule has 0 heterocycles. The predicted octanol–water partition coefficient (Wildman–Crippen LogP) is 1.65. The molecule has 0 radical (unpaired) electrons. The molecular weight excluding hydrogens is 218 g/mol. The van der Waals surface area contributed by atoms with Crippen LogP contribution in [0.4, 0.5) is 0 Å². The summed E-state index contributed by atoms with van der Waals surface area (Å²) >= 11 is 0. The Kier molecular flexibility index (Phi) is 3.40. The van der Waals surface area contributed by atoms with Gasteiger partial charge in [-0.3, -0.25) is 9.59 Å². The number of rotatable bonds is 4. The van der Waals surface area contributed by atoms with E-state index in [1.54, 1.807) is 0 Å². The predicted molar refractivity (Wildman–Crippen MR) is 63.3 cm³/mol. The maximum atomic E-state index is 11.6. The molecule has 2 aliphatic carbocycles. The van der Waals surface area contributed by atoms with Gasteiger partial charge in [0.25, 0.3) is 0 Å². The molecule has 4 unspecified atom stereocenters. The van der Waals surface area contributed by atoms with E-state index in [4.69, 9.17) is 5.11 Å². The van der Waals surface area contributed by atoms with E-state index < -0.39 is 5.97 Å². The molecular formula is C13H21NO3. The molecule has 0 aromatic rings.